The number of methoxy groups -OCH3 is 1. The van der Waals surface area contributed by atoms with Crippen molar-refractivity contribution in [3.63, 3.8) is 0 Å². The Morgan fingerprint density at radius 1 is 1.26 bits per heavy atom. The maximum atomic E-state index is 7.53. The van der Waals surface area contributed by atoms with Gasteiger partial charge in [-0.1, -0.05) is 11.6 Å². The molecule has 0 saturated carbocycles. The molecule has 1 aromatic heterocycles. The number of benzene rings is 1. The fourth-order valence-electron chi connectivity index (χ4n) is 1.51. The highest BCUT2D eigenvalue weighted by atomic mass is 35.5. The number of nitrogens with two attached hydrogens (primary N) is 1. The third-order valence-electron chi connectivity index (χ3n) is 2.39. The average Bonchev–Trinajstić information content (AvgIpc) is 2.38. The van der Waals surface area contributed by atoms with Crippen LogP contribution in [-0.2, 0) is 0 Å². The number of halogens is 1. The highest BCUT2D eigenvalue weighted by molar-refractivity contribution is 6.30. The van der Waals surface area contributed by atoms with E-state index in [2.05, 4.69) is 4.98 Å². The lowest BCUT2D eigenvalue weighted by Crippen LogP contribution is -2.12. The van der Waals surface area contributed by atoms with Crippen molar-refractivity contribution in [1.29, 1.82) is 5.41 Å². The van der Waals surface area contributed by atoms with Crippen LogP contribution in [0, 0.1) is 5.41 Å². The van der Waals surface area contributed by atoms with E-state index in [0.29, 0.717) is 27.8 Å². The normalized spacial score (nSPS) is 10.0. The lowest BCUT2D eigenvalue weighted by Gasteiger charge is -2.11. The molecule has 0 bridgehead atoms. The SMILES string of the molecule is COc1ccc(C(=N)N)c(Oc2cncc(Cl)c2)c1. The van der Waals surface area contributed by atoms with Crippen LogP contribution in [0.5, 0.6) is 17.2 Å². The van der Waals surface area contributed by atoms with Crippen molar-refractivity contribution in [2.24, 2.45) is 5.73 Å². The predicted molar refractivity (Wildman–Crippen MR) is 73.3 cm³/mol. The molecule has 0 radical (unpaired) electrons. The maximum Gasteiger partial charge on any atom is 0.147 e. The van der Waals surface area contributed by atoms with Gasteiger partial charge in [-0.3, -0.25) is 10.4 Å². The summed E-state index contributed by atoms with van der Waals surface area (Å²) in [6.07, 6.45) is 3.03. The van der Waals surface area contributed by atoms with E-state index in [1.807, 2.05) is 0 Å². The first kappa shape index (κ1) is 13.2. The molecule has 5 nitrogen and oxygen atoms in total. The summed E-state index contributed by atoms with van der Waals surface area (Å²) in [6.45, 7) is 0. The van der Waals surface area contributed by atoms with E-state index in [0.717, 1.165) is 0 Å². The van der Waals surface area contributed by atoms with Crippen LogP contribution in [0.2, 0.25) is 5.02 Å². The smallest absolute Gasteiger partial charge is 0.147 e. The molecular formula is C13H12ClN3O2. The number of nitrogens with zero attached hydrogens (tertiary/aromatic N) is 1. The monoisotopic (exact) mass is 277 g/mol. The third kappa shape index (κ3) is 3.14. The van der Waals surface area contributed by atoms with Gasteiger partial charge < -0.3 is 15.2 Å². The van der Waals surface area contributed by atoms with E-state index in [-0.39, 0.29) is 5.84 Å². The minimum atomic E-state index is -0.0901. The molecule has 0 aliphatic carbocycles. The molecule has 0 spiro atoms. The van der Waals surface area contributed by atoms with Crippen LogP contribution in [-0.4, -0.2) is 17.9 Å². The number of hydrogen-bond acceptors (Lipinski definition) is 4. The van der Waals surface area contributed by atoms with Gasteiger partial charge >= 0.3 is 0 Å². The molecule has 6 heteroatoms. The van der Waals surface area contributed by atoms with Crippen LogP contribution in [0.3, 0.4) is 0 Å². The van der Waals surface area contributed by atoms with Crippen LogP contribution < -0.4 is 15.2 Å². The quantitative estimate of drug-likeness (QED) is 0.665. The Morgan fingerprint density at radius 2 is 2.05 bits per heavy atom. The van der Waals surface area contributed by atoms with Gasteiger partial charge in [0.15, 0.2) is 0 Å². The average molecular weight is 278 g/mol. The summed E-state index contributed by atoms with van der Waals surface area (Å²) < 4.78 is 10.8. The first-order valence-electron chi connectivity index (χ1n) is 5.41. The molecule has 0 aliphatic heterocycles. The van der Waals surface area contributed by atoms with Crippen molar-refractivity contribution >= 4 is 17.4 Å². The van der Waals surface area contributed by atoms with Crippen LogP contribution in [0.15, 0.2) is 36.7 Å². The van der Waals surface area contributed by atoms with Gasteiger partial charge in [-0.25, -0.2) is 0 Å². The van der Waals surface area contributed by atoms with Crippen molar-refractivity contribution in [3.05, 3.63) is 47.2 Å². The van der Waals surface area contributed by atoms with E-state index in [4.69, 9.17) is 32.2 Å². The van der Waals surface area contributed by atoms with Gasteiger partial charge in [-0.05, 0) is 12.1 Å². The van der Waals surface area contributed by atoms with Crippen LogP contribution >= 0.6 is 11.6 Å². The Labute approximate surface area is 115 Å². The summed E-state index contributed by atoms with van der Waals surface area (Å²) in [4.78, 5) is 3.92. The second-order valence-electron chi connectivity index (χ2n) is 3.72. The third-order valence-corrected chi connectivity index (χ3v) is 2.59. The van der Waals surface area contributed by atoms with Gasteiger partial charge in [0.05, 0.1) is 23.9 Å². The molecule has 2 aromatic rings. The van der Waals surface area contributed by atoms with Crippen molar-refractivity contribution in [2.75, 3.05) is 7.11 Å². The highest BCUT2D eigenvalue weighted by Crippen LogP contribution is 2.29. The van der Waals surface area contributed by atoms with Gasteiger partial charge in [0.2, 0.25) is 0 Å². The Kier molecular flexibility index (Phi) is 3.87. The second kappa shape index (κ2) is 5.58. The van der Waals surface area contributed by atoms with Crippen LogP contribution in [0.25, 0.3) is 0 Å². The molecule has 1 heterocycles. The first-order valence-corrected chi connectivity index (χ1v) is 5.79. The second-order valence-corrected chi connectivity index (χ2v) is 4.15. The summed E-state index contributed by atoms with van der Waals surface area (Å²) in [7, 11) is 1.55. The van der Waals surface area contributed by atoms with Crippen LogP contribution in [0.1, 0.15) is 5.56 Å². The Morgan fingerprint density at radius 3 is 2.68 bits per heavy atom. The number of rotatable bonds is 4. The highest BCUT2D eigenvalue weighted by Gasteiger charge is 2.10. The van der Waals surface area contributed by atoms with Crippen molar-refractivity contribution in [3.8, 4) is 17.2 Å². The number of nitrogen functional groups attached to an aromatic ring is 1. The molecule has 0 amide bonds. The van der Waals surface area contributed by atoms with E-state index in [1.54, 1.807) is 31.4 Å². The summed E-state index contributed by atoms with van der Waals surface area (Å²) in [5.41, 5.74) is 5.98. The molecule has 0 saturated heterocycles. The standard InChI is InChI=1S/C13H12ClN3O2/c1-18-9-2-3-11(13(15)16)12(5-9)19-10-4-8(14)6-17-7-10/h2-7H,1H3,(H3,15,16). The van der Waals surface area contributed by atoms with Gasteiger partial charge in [-0.15, -0.1) is 0 Å². The topological polar surface area (TPSA) is 81.2 Å². The summed E-state index contributed by atoms with van der Waals surface area (Å²) in [5, 5.41) is 7.99. The zero-order chi connectivity index (χ0) is 13.8. The Hall–Kier alpha value is -2.27. The molecule has 19 heavy (non-hydrogen) atoms. The number of ether oxygens (including phenoxy) is 2. The van der Waals surface area contributed by atoms with Crippen molar-refractivity contribution in [2.45, 2.75) is 0 Å². The first-order chi connectivity index (χ1) is 9.10. The molecule has 0 atom stereocenters. The predicted octanol–water partition coefficient (Wildman–Crippen LogP) is 2.82. The number of nitrogens with one attached hydrogen (secondary N) is 1. The molecule has 0 aliphatic rings. The molecular weight excluding hydrogens is 266 g/mol. The van der Waals surface area contributed by atoms with Crippen molar-refractivity contribution in [1.82, 2.24) is 4.98 Å². The zero-order valence-electron chi connectivity index (χ0n) is 10.2. The number of amidine groups is 1. The fourth-order valence-corrected chi connectivity index (χ4v) is 1.68. The molecule has 1 aromatic carbocycles. The molecule has 3 N–H and O–H groups in total. The van der Waals surface area contributed by atoms with Gasteiger partial charge in [0.25, 0.3) is 0 Å². The summed E-state index contributed by atoms with van der Waals surface area (Å²) >= 11 is 5.84. The Bertz CT molecular complexity index is 617. The number of hydrogen-bond donors (Lipinski definition) is 2. The lowest BCUT2D eigenvalue weighted by molar-refractivity contribution is 0.408. The molecule has 2 rings (SSSR count). The lowest BCUT2D eigenvalue weighted by atomic mass is 10.1. The number of aromatic nitrogens is 1. The zero-order valence-corrected chi connectivity index (χ0v) is 10.9. The van der Waals surface area contributed by atoms with E-state index in [1.165, 1.54) is 12.4 Å². The minimum absolute atomic E-state index is 0.0901. The Balaban J connectivity index is 2.39. The number of pyridine rings is 1. The van der Waals surface area contributed by atoms with Gasteiger partial charge in [0.1, 0.15) is 23.1 Å². The van der Waals surface area contributed by atoms with E-state index in [9.17, 15) is 0 Å². The van der Waals surface area contributed by atoms with Crippen molar-refractivity contribution < 1.29 is 9.47 Å². The van der Waals surface area contributed by atoms with E-state index >= 15 is 0 Å². The fraction of sp³-hybridized carbons (Fsp3) is 0.0769. The minimum Gasteiger partial charge on any atom is -0.497 e. The van der Waals surface area contributed by atoms with E-state index < -0.39 is 0 Å². The summed E-state index contributed by atoms with van der Waals surface area (Å²) in [6, 6.07) is 6.64. The maximum absolute atomic E-state index is 7.53. The molecule has 0 unspecified atom stereocenters. The molecule has 98 valence electrons. The largest absolute Gasteiger partial charge is 0.497 e. The summed E-state index contributed by atoms with van der Waals surface area (Å²) in [5.74, 6) is 1.39. The van der Waals surface area contributed by atoms with Crippen LogP contribution in [0.4, 0.5) is 0 Å². The van der Waals surface area contributed by atoms with Gasteiger partial charge in [-0.2, -0.15) is 0 Å². The van der Waals surface area contributed by atoms with Gasteiger partial charge in [0, 0.05) is 18.3 Å². The molecule has 0 fully saturated rings.